The first-order valence-electron chi connectivity index (χ1n) is 6.32. The summed E-state index contributed by atoms with van der Waals surface area (Å²) in [6, 6.07) is 10.0. The summed E-state index contributed by atoms with van der Waals surface area (Å²) >= 11 is 6.20. The summed E-state index contributed by atoms with van der Waals surface area (Å²) in [5.74, 6) is 1.53. The van der Waals surface area contributed by atoms with Gasteiger partial charge in [-0.05, 0) is 36.6 Å². The third-order valence-electron chi connectivity index (χ3n) is 3.36. The molecule has 0 saturated heterocycles. The second-order valence-electron chi connectivity index (χ2n) is 4.74. The summed E-state index contributed by atoms with van der Waals surface area (Å²) in [7, 11) is 0. The number of halogens is 1. The van der Waals surface area contributed by atoms with Crippen LogP contribution in [0.2, 0.25) is 5.02 Å². The summed E-state index contributed by atoms with van der Waals surface area (Å²) in [4.78, 5) is 0. The number of aryl methyl sites for hydroxylation is 2. The van der Waals surface area contributed by atoms with Crippen LogP contribution in [0.25, 0.3) is 11.1 Å². The van der Waals surface area contributed by atoms with Crippen LogP contribution < -0.4 is 9.47 Å². The summed E-state index contributed by atoms with van der Waals surface area (Å²) < 4.78 is 11.4. The first kappa shape index (κ1) is 12.4. The van der Waals surface area contributed by atoms with Crippen molar-refractivity contribution >= 4 is 11.6 Å². The molecule has 1 aliphatic rings. The highest BCUT2D eigenvalue weighted by Crippen LogP contribution is 2.44. The molecule has 0 spiro atoms. The van der Waals surface area contributed by atoms with Crippen LogP contribution in [0.4, 0.5) is 0 Å². The number of fused-ring (bicyclic) bond motifs is 1. The van der Waals surface area contributed by atoms with Crippen molar-refractivity contribution in [2.45, 2.75) is 13.8 Å². The Bertz CT molecular complexity index is 615. The van der Waals surface area contributed by atoms with Crippen molar-refractivity contribution in [1.82, 2.24) is 0 Å². The molecule has 1 aliphatic heterocycles. The maximum absolute atomic E-state index is 6.20. The van der Waals surface area contributed by atoms with E-state index in [1.165, 1.54) is 16.7 Å². The minimum Gasteiger partial charge on any atom is -0.486 e. The van der Waals surface area contributed by atoms with Gasteiger partial charge in [0, 0.05) is 16.7 Å². The maximum Gasteiger partial charge on any atom is 0.169 e. The Morgan fingerprint density at radius 3 is 2.42 bits per heavy atom. The molecule has 0 aliphatic carbocycles. The highest BCUT2D eigenvalue weighted by molar-refractivity contribution is 6.31. The quantitative estimate of drug-likeness (QED) is 0.768. The van der Waals surface area contributed by atoms with Gasteiger partial charge >= 0.3 is 0 Å². The van der Waals surface area contributed by atoms with E-state index in [0.29, 0.717) is 18.2 Å². The van der Waals surface area contributed by atoms with Crippen LogP contribution in [-0.4, -0.2) is 13.2 Å². The molecule has 2 nitrogen and oxygen atoms in total. The van der Waals surface area contributed by atoms with Crippen molar-refractivity contribution in [2.75, 3.05) is 13.2 Å². The Morgan fingerprint density at radius 1 is 1.00 bits per heavy atom. The Hall–Kier alpha value is -1.67. The molecule has 0 atom stereocenters. The van der Waals surface area contributed by atoms with Gasteiger partial charge in [0.2, 0.25) is 0 Å². The van der Waals surface area contributed by atoms with Crippen molar-refractivity contribution in [3.63, 3.8) is 0 Å². The number of hydrogen-bond donors (Lipinski definition) is 0. The minimum atomic E-state index is 0.569. The second-order valence-corrected chi connectivity index (χ2v) is 5.18. The topological polar surface area (TPSA) is 18.5 Å². The van der Waals surface area contributed by atoms with Crippen molar-refractivity contribution < 1.29 is 9.47 Å². The van der Waals surface area contributed by atoms with Crippen LogP contribution in [0.5, 0.6) is 11.5 Å². The van der Waals surface area contributed by atoms with E-state index in [-0.39, 0.29) is 0 Å². The van der Waals surface area contributed by atoms with Gasteiger partial charge in [-0.1, -0.05) is 29.8 Å². The Kier molecular flexibility index (Phi) is 3.11. The summed E-state index contributed by atoms with van der Waals surface area (Å²) in [6.07, 6.45) is 0. The van der Waals surface area contributed by atoms with Gasteiger partial charge in [-0.25, -0.2) is 0 Å². The van der Waals surface area contributed by atoms with E-state index < -0.39 is 0 Å². The molecule has 2 aromatic rings. The zero-order valence-electron chi connectivity index (χ0n) is 11.0. The summed E-state index contributed by atoms with van der Waals surface area (Å²) in [5, 5.41) is 0.668. The lowest BCUT2D eigenvalue weighted by molar-refractivity contribution is 0.172. The van der Waals surface area contributed by atoms with Gasteiger partial charge in [0.1, 0.15) is 13.2 Å². The van der Waals surface area contributed by atoms with E-state index in [1.807, 2.05) is 12.1 Å². The molecule has 0 bridgehead atoms. The molecule has 0 radical (unpaired) electrons. The normalized spacial score (nSPS) is 13.4. The van der Waals surface area contributed by atoms with Crippen molar-refractivity contribution in [3.05, 3.63) is 46.5 Å². The molecule has 0 amide bonds. The molecule has 3 rings (SSSR count). The predicted molar refractivity (Wildman–Crippen MR) is 77.4 cm³/mol. The van der Waals surface area contributed by atoms with Gasteiger partial charge < -0.3 is 9.47 Å². The fraction of sp³-hybridized carbons (Fsp3) is 0.250. The Morgan fingerprint density at radius 2 is 1.68 bits per heavy atom. The summed E-state index contributed by atoms with van der Waals surface area (Å²) in [5.41, 5.74) is 4.60. The van der Waals surface area contributed by atoms with Crippen LogP contribution in [0.1, 0.15) is 11.1 Å². The summed E-state index contributed by atoms with van der Waals surface area (Å²) in [6.45, 7) is 5.34. The van der Waals surface area contributed by atoms with Crippen LogP contribution >= 0.6 is 11.6 Å². The molecular weight excluding hydrogens is 260 g/mol. The average Bonchev–Trinajstić information content (AvgIpc) is 2.38. The van der Waals surface area contributed by atoms with Crippen molar-refractivity contribution in [1.29, 1.82) is 0 Å². The maximum atomic E-state index is 6.20. The van der Waals surface area contributed by atoms with E-state index >= 15 is 0 Å². The van der Waals surface area contributed by atoms with E-state index in [1.54, 1.807) is 0 Å². The highest BCUT2D eigenvalue weighted by Gasteiger charge is 2.20. The Balaban J connectivity index is 2.28. The number of hydrogen-bond acceptors (Lipinski definition) is 2. The van der Waals surface area contributed by atoms with Crippen molar-refractivity contribution in [3.8, 4) is 22.6 Å². The molecule has 98 valence electrons. The zero-order valence-corrected chi connectivity index (χ0v) is 11.8. The first-order chi connectivity index (χ1) is 9.16. The molecular formula is C16H15ClO2. The Labute approximate surface area is 117 Å². The van der Waals surface area contributed by atoms with Crippen LogP contribution in [0.15, 0.2) is 30.3 Å². The minimum absolute atomic E-state index is 0.569. The highest BCUT2D eigenvalue weighted by atomic mass is 35.5. The van der Waals surface area contributed by atoms with Gasteiger partial charge in [0.15, 0.2) is 11.5 Å². The number of ether oxygens (including phenoxy) is 2. The standard InChI is InChI=1S/C16H15ClO2/c1-10-4-3-5-11(2)15(10)13-8-12(17)9-14-16(13)19-7-6-18-14/h3-5,8-9H,6-7H2,1-2H3. The third-order valence-corrected chi connectivity index (χ3v) is 3.58. The van der Waals surface area contributed by atoms with Gasteiger partial charge in [0.25, 0.3) is 0 Å². The molecule has 2 aromatic carbocycles. The predicted octanol–water partition coefficient (Wildman–Crippen LogP) is 4.40. The van der Waals surface area contributed by atoms with E-state index in [0.717, 1.165) is 17.1 Å². The largest absolute Gasteiger partial charge is 0.486 e. The molecule has 0 saturated carbocycles. The second kappa shape index (κ2) is 4.78. The molecule has 3 heteroatoms. The molecule has 0 fully saturated rings. The molecule has 1 heterocycles. The monoisotopic (exact) mass is 274 g/mol. The van der Waals surface area contributed by atoms with Crippen molar-refractivity contribution in [2.24, 2.45) is 0 Å². The molecule has 0 aromatic heterocycles. The van der Waals surface area contributed by atoms with E-state index in [4.69, 9.17) is 21.1 Å². The smallest absolute Gasteiger partial charge is 0.169 e. The van der Waals surface area contributed by atoms with Crippen LogP contribution in [0.3, 0.4) is 0 Å². The first-order valence-corrected chi connectivity index (χ1v) is 6.70. The lowest BCUT2D eigenvalue weighted by atomic mass is 9.95. The lowest BCUT2D eigenvalue weighted by Crippen LogP contribution is -2.16. The van der Waals surface area contributed by atoms with Gasteiger partial charge in [-0.15, -0.1) is 0 Å². The third kappa shape index (κ3) is 2.17. The number of benzene rings is 2. The van der Waals surface area contributed by atoms with Gasteiger partial charge in [-0.3, -0.25) is 0 Å². The van der Waals surface area contributed by atoms with E-state index in [2.05, 4.69) is 32.0 Å². The zero-order chi connectivity index (χ0) is 13.4. The van der Waals surface area contributed by atoms with Gasteiger partial charge in [0.05, 0.1) is 0 Å². The fourth-order valence-corrected chi connectivity index (χ4v) is 2.75. The van der Waals surface area contributed by atoms with Crippen LogP contribution in [0, 0.1) is 13.8 Å². The number of rotatable bonds is 1. The molecule has 0 N–H and O–H groups in total. The van der Waals surface area contributed by atoms with Gasteiger partial charge in [-0.2, -0.15) is 0 Å². The molecule has 19 heavy (non-hydrogen) atoms. The molecule has 0 unspecified atom stereocenters. The lowest BCUT2D eigenvalue weighted by Gasteiger charge is -2.23. The SMILES string of the molecule is Cc1cccc(C)c1-c1cc(Cl)cc2c1OCCO2. The van der Waals surface area contributed by atoms with Crippen LogP contribution in [-0.2, 0) is 0 Å². The fourth-order valence-electron chi connectivity index (χ4n) is 2.55. The average molecular weight is 275 g/mol. The van der Waals surface area contributed by atoms with E-state index in [9.17, 15) is 0 Å².